The molecule has 0 bridgehead atoms. The summed E-state index contributed by atoms with van der Waals surface area (Å²) in [5, 5.41) is 11.9. The van der Waals surface area contributed by atoms with Crippen molar-refractivity contribution < 1.29 is 32.5 Å². The maximum atomic E-state index is 13.8. The number of ether oxygens (including phenoxy) is 4. The van der Waals surface area contributed by atoms with Crippen molar-refractivity contribution in [2.45, 2.75) is 56.4 Å². The van der Waals surface area contributed by atoms with Gasteiger partial charge in [0.25, 0.3) is 0 Å². The van der Waals surface area contributed by atoms with Crippen molar-refractivity contribution >= 4 is 9.84 Å². The molecule has 2 aromatic rings. The van der Waals surface area contributed by atoms with Crippen LogP contribution in [0.3, 0.4) is 0 Å². The normalized spacial score (nSPS) is 22.8. The molecule has 8 heteroatoms. The molecule has 0 radical (unpaired) electrons. The first-order valence-corrected chi connectivity index (χ1v) is 14.9. The smallest absolute Gasteiger partial charge is 0.179 e. The van der Waals surface area contributed by atoms with E-state index in [2.05, 4.69) is 6.92 Å². The van der Waals surface area contributed by atoms with Gasteiger partial charge in [-0.1, -0.05) is 63.1 Å². The number of aliphatic hydroxyl groups excluding tert-OH is 1. The van der Waals surface area contributed by atoms with Crippen molar-refractivity contribution in [1.29, 1.82) is 0 Å². The number of hydrogen-bond acceptors (Lipinski definition) is 7. The molecule has 0 saturated carbocycles. The van der Waals surface area contributed by atoms with Crippen LogP contribution in [-0.4, -0.2) is 72.1 Å². The van der Waals surface area contributed by atoms with Crippen molar-refractivity contribution in [3.63, 3.8) is 0 Å². The van der Waals surface area contributed by atoms with Gasteiger partial charge in [-0.25, -0.2) is 8.42 Å². The molecule has 0 saturated heterocycles. The van der Waals surface area contributed by atoms with E-state index in [1.54, 1.807) is 25.3 Å². The highest BCUT2D eigenvalue weighted by molar-refractivity contribution is 7.91. The zero-order valence-electron chi connectivity index (χ0n) is 22.4. The van der Waals surface area contributed by atoms with Gasteiger partial charge in [0.15, 0.2) is 9.84 Å². The summed E-state index contributed by atoms with van der Waals surface area (Å²) in [5.74, 6) is -0.0502. The summed E-state index contributed by atoms with van der Waals surface area (Å²) in [6.07, 6.45) is 2.23. The van der Waals surface area contributed by atoms with Gasteiger partial charge < -0.3 is 24.1 Å². The van der Waals surface area contributed by atoms with Crippen LogP contribution in [0.25, 0.3) is 0 Å². The van der Waals surface area contributed by atoms with Crippen LogP contribution in [0.2, 0.25) is 0 Å². The number of unbranched alkanes of at least 4 members (excludes halogenated alkanes) is 1. The Morgan fingerprint density at radius 2 is 1.62 bits per heavy atom. The molecule has 0 aromatic heterocycles. The fourth-order valence-corrected chi connectivity index (χ4v) is 7.42. The first kappa shape index (κ1) is 29.6. The summed E-state index contributed by atoms with van der Waals surface area (Å²) < 4.78 is 49.3. The zero-order chi connectivity index (χ0) is 26.7. The van der Waals surface area contributed by atoms with E-state index in [-0.39, 0.29) is 17.3 Å². The number of rotatable bonds is 15. The molecular formula is C29H42O7S. The first-order chi connectivity index (χ1) is 17.9. The minimum absolute atomic E-state index is 0.0797. The van der Waals surface area contributed by atoms with Gasteiger partial charge in [0, 0.05) is 18.4 Å². The quantitative estimate of drug-likeness (QED) is 0.334. The minimum Gasteiger partial charge on any atom is -0.491 e. The number of benzene rings is 2. The molecule has 1 aliphatic heterocycles. The second kappa shape index (κ2) is 14.3. The molecule has 0 aliphatic carbocycles. The second-order valence-corrected chi connectivity index (χ2v) is 11.6. The highest BCUT2D eigenvalue weighted by Gasteiger charge is 2.48. The van der Waals surface area contributed by atoms with Crippen LogP contribution in [0.15, 0.2) is 53.4 Å². The third-order valence-electron chi connectivity index (χ3n) is 7.27. The first-order valence-electron chi connectivity index (χ1n) is 13.3. The number of sulfone groups is 1. The molecule has 3 rings (SSSR count). The molecule has 1 N–H and O–H groups in total. The number of aliphatic hydroxyl groups is 1. The highest BCUT2D eigenvalue weighted by atomic mass is 32.2. The molecule has 2 aromatic carbocycles. The molecule has 0 fully saturated rings. The summed E-state index contributed by atoms with van der Waals surface area (Å²) in [5.41, 5.74) is 0.814. The Morgan fingerprint density at radius 1 is 0.946 bits per heavy atom. The fourth-order valence-electron chi connectivity index (χ4n) is 5.14. The molecule has 1 aliphatic rings. The lowest BCUT2D eigenvalue weighted by Gasteiger charge is -2.39. The standard InChI is InChI=1S/C29H42O7S/c1-4-6-14-29(5-2)22-37(31,32)26-21-24(36-20-19-35-18-17-34-16-15-33-3)12-13-25(26)27(28(29)30)23-10-8-7-9-11-23/h7-13,21,27-28,30H,4-6,14-20,22H2,1-3H3/t27-,28?,29-/m1/s1. The van der Waals surface area contributed by atoms with E-state index in [4.69, 9.17) is 18.9 Å². The predicted molar refractivity (Wildman–Crippen MR) is 144 cm³/mol. The topological polar surface area (TPSA) is 91.3 Å². The zero-order valence-corrected chi connectivity index (χ0v) is 23.2. The van der Waals surface area contributed by atoms with E-state index in [1.807, 2.05) is 37.3 Å². The number of methoxy groups -OCH3 is 1. The lowest BCUT2D eigenvalue weighted by molar-refractivity contribution is 0.0172. The van der Waals surface area contributed by atoms with E-state index in [0.29, 0.717) is 57.2 Å². The monoisotopic (exact) mass is 534 g/mol. The molecule has 0 amide bonds. The lowest BCUT2D eigenvalue weighted by Crippen LogP contribution is -2.42. The number of hydrogen-bond donors (Lipinski definition) is 1. The highest BCUT2D eigenvalue weighted by Crippen LogP contribution is 2.49. The van der Waals surface area contributed by atoms with Gasteiger partial charge in [0.05, 0.1) is 49.8 Å². The van der Waals surface area contributed by atoms with Crippen LogP contribution in [-0.2, 0) is 24.0 Å². The van der Waals surface area contributed by atoms with Gasteiger partial charge in [0.1, 0.15) is 12.4 Å². The molecule has 7 nitrogen and oxygen atoms in total. The van der Waals surface area contributed by atoms with E-state index < -0.39 is 27.3 Å². The number of fused-ring (bicyclic) bond motifs is 1. The Bertz CT molecular complexity index is 1060. The van der Waals surface area contributed by atoms with Crippen LogP contribution >= 0.6 is 0 Å². The SMILES string of the molecule is CCCC[C@]1(CC)CS(=O)(=O)c2cc(OCCOCCOCCOC)ccc2[C@@H](c2ccccc2)C1O. The Balaban J connectivity index is 1.83. The van der Waals surface area contributed by atoms with E-state index in [9.17, 15) is 13.5 Å². The van der Waals surface area contributed by atoms with Crippen LogP contribution in [0.5, 0.6) is 5.75 Å². The Hall–Kier alpha value is -1.97. The molecule has 0 spiro atoms. The van der Waals surface area contributed by atoms with Gasteiger partial charge in [-0.05, 0) is 36.1 Å². The molecule has 1 unspecified atom stereocenters. The van der Waals surface area contributed by atoms with Crippen molar-refractivity contribution in [3.8, 4) is 5.75 Å². The van der Waals surface area contributed by atoms with Gasteiger partial charge in [-0.3, -0.25) is 0 Å². The molecule has 37 heavy (non-hydrogen) atoms. The van der Waals surface area contributed by atoms with Crippen molar-refractivity contribution in [2.24, 2.45) is 5.41 Å². The predicted octanol–water partition coefficient (Wildman–Crippen LogP) is 4.61. The average molecular weight is 535 g/mol. The molecule has 3 atom stereocenters. The summed E-state index contributed by atoms with van der Waals surface area (Å²) >= 11 is 0. The largest absolute Gasteiger partial charge is 0.491 e. The third-order valence-corrected chi connectivity index (χ3v) is 9.25. The molecule has 1 heterocycles. The fraction of sp³-hybridized carbons (Fsp3) is 0.586. The van der Waals surface area contributed by atoms with Crippen molar-refractivity contribution in [2.75, 3.05) is 52.5 Å². The van der Waals surface area contributed by atoms with Crippen LogP contribution < -0.4 is 4.74 Å². The minimum atomic E-state index is -3.67. The summed E-state index contributed by atoms with van der Waals surface area (Å²) in [7, 11) is -2.05. The maximum absolute atomic E-state index is 13.8. The van der Waals surface area contributed by atoms with E-state index in [1.165, 1.54) is 0 Å². The van der Waals surface area contributed by atoms with Gasteiger partial charge in [-0.15, -0.1) is 0 Å². The third kappa shape index (κ3) is 7.54. The van der Waals surface area contributed by atoms with Gasteiger partial charge in [-0.2, -0.15) is 0 Å². The van der Waals surface area contributed by atoms with Crippen LogP contribution in [0, 0.1) is 5.41 Å². The second-order valence-electron chi connectivity index (χ2n) is 9.68. The van der Waals surface area contributed by atoms with Crippen molar-refractivity contribution in [1.82, 2.24) is 0 Å². The maximum Gasteiger partial charge on any atom is 0.179 e. The summed E-state index contributed by atoms with van der Waals surface area (Å²) in [6, 6.07) is 14.9. The van der Waals surface area contributed by atoms with E-state index in [0.717, 1.165) is 18.4 Å². The summed E-state index contributed by atoms with van der Waals surface area (Å²) in [4.78, 5) is 0.247. The van der Waals surface area contributed by atoms with Crippen LogP contribution in [0.4, 0.5) is 0 Å². The van der Waals surface area contributed by atoms with E-state index >= 15 is 0 Å². The van der Waals surface area contributed by atoms with Gasteiger partial charge in [0.2, 0.25) is 0 Å². The van der Waals surface area contributed by atoms with Gasteiger partial charge >= 0.3 is 0 Å². The van der Waals surface area contributed by atoms with Crippen molar-refractivity contribution in [3.05, 3.63) is 59.7 Å². The average Bonchev–Trinajstić information content (AvgIpc) is 2.97. The molecule has 206 valence electrons. The lowest BCUT2D eigenvalue weighted by atomic mass is 9.69. The Morgan fingerprint density at radius 3 is 2.27 bits per heavy atom. The summed E-state index contributed by atoms with van der Waals surface area (Å²) in [6.45, 7) is 6.71. The molecular weight excluding hydrogens is 492 g/mol. The Kier molecular flexibility index (Phi) is 11.4. The van der Waals surface area contributed by atoms with Crippen LogP contribution in [0.1, 0.15) is 56.6 Å². The Labute approximate surface area is 222 Å².